The molecule has 3 rings (SSSR count). The van der Waals surface area contributed by atoms with Crippen LogP contribution in [0.5, 0.6) is 23.0 Å². The van der Waals surface area contributed by atoms with Crippen molar-refractivity contribution in [2.45, 2.75) is 12.8 Å². The van der Waals surface area contributed by atoms with Gasteiger partial charge in [-0.15, -0.1) is 13.2 Å². The number of hydrogen-bond donors (Lipinski definition) is 3. The van der Waals surface area contributed by atoms with E-state index in [1.54, 1.807) is 30.3 Å². The molecule has 7 heteroatoms. The van der Waals surface area contributed by atoms with Crippen LogP contribution in [-0.4, -0.2) is 40.5 Å². The minimum absolute atomic E-state index is 0.172. The van der Waals surface area contributed by atoms with Crippen LogP contribution in [0, 0.1) is 0 Å². The number of aromatic nitrogens is 1. The monoisotopic (exact) mass is 451 g/mol. The van der Waals surface area contributed by atoms with Gasteiger partial charge in [0.25, 0.3) is 0 Å². The van der Waals surface area contributed by atoms with Crippen LogP contribution in [0.1, 0.15) is 21.5 Å². The first kappa shape index (κ1) is 26.8. The van der Waals surface area contributed by atoms with Gasteiger partial charge in [0, 0.05) is 12.4 Å². The van der Waals surface area contributed by atoms with E-state index in [0.717, 1.165) is 24.0 Å². The molecule has 3 N–H and O–H groups in total. The average Bonchev–Trinajstić information content (AvgIpc) is 2.83. The van der Waals surface area contributed by atoms with E-state index in [-0.39, 0.29) is 17.1 Å². The zero-order valence-corrected chi connectivity index (χ0v) is 18.8. The Kier molecular flexibility index (Phi) is 11.9. The number of carboxylic acids is 1. The lowest BCUT2D eigenvalue weighted by molar-refractivity contribution is 0.0696. The molecule has 0 amide bonds. The van der Waals surface area contributed by atoms with Crippen molar-refractivity contribution in [2.75, 3.05) is 14.2 Å². The first-order valence-corrected chi connectivity index (χ1v) is 9.93. The van der Waals surface area contributed by atoms with E-state index in [9.17, 15) is 15.0 Å². The number of methoxy groups -OCH3 is 2. The Balaban J connectivity index is 0.000000250. The third-order valence-electron chi connectivity index (χ3n) is 4.16. The van der Waals surface area contributed by atoms with Crippen molar-refractivity contribution in [2.24, 2.45) is 0 Å². The predicted octanol–water partition coefficient (Wildman–Crippen LogP) is 5.04. The van der Waals surface area contributed by atoms with E-state index in [0.29, 0.717) is 11.5 Å². The Labute approximate surface area is 193 Å². The molecular weight excluding hydrogens is 422 g/mol. The number of hydrogen-bond acceptors (Lipinski definition) is 6. The number of phenolic OH excluding ortho intramolecular Hbond substituents is 2. The standard InChI is InChI=1S/2C10H12O2.C6H5NO2/c2*1-3-4-8-5-6-9(11)10(7-8)12-2;8-6(9)5-2-1-3-7-4-5/h2*3,5-7,11H,1,4H2,2H3;1-4H,(H,8,9). The van der Waals surface area contributed by atoms with Crippen LogP contribution >= 0.6 is 0 Å². The van der Waals surface area contributed by atoms with Crippen LogP contribution in [0.3, 0.4) is 0 Å². The van der Waals surface area contributed by atoms with Crippen molar-refractivity contribution in [3.63, 3.8) is 0 Å². The number of aromatic carboxylic acids is 1. The lowest BCUT2D eigenvalue weighted by Gasteiger charge is -2.04. The Hall–Kier alpha value is -4.26. The van der Waals surface area contributed by atoms with Gasteiger partial charge in [-0.3, -0.25) is 4.98 Å². The van der Waals surface area contributed by atoms with Crippen molar-refractivity contribution < 1.29 is 29.6 Å². The van der Waals surface area contributed by atoms with Crippen LogP contribution in [0.25, 0.3) is 0 Å². The van der Waals surface area contributed by atoms with Gasteiger partial charge < -0.3 is 24.8 Å². The first-order valence-electron chi connectivity index (χ1n) is 9.93. The highest BCUT2D eigenvalue weighted by molar-refractivity contribution is 5.86. The molecule has 0 bridgehead atoms. The first-order chi connectivity index (χ1) is 15.9. The topological polar surface area (TPSA) is 109 Å². The number of phenols is 2. The van der Waals surface area contributed by atoms with E-state index >= 15 is 0 Å². The molecule has 0 fully saturated rings. The molecule has 2 aromatic carbocycles. The van der Waals surface area contributed by atoms with Gasteiger partial charge in [0.2, 0.25) is 0 Å². The number of aromatic hydroxyl groups is 2. The Morgan fingerprint density at radius 3 is 1.70 bits per heavy atom. The molecule has 0 atom stereocenters. The van der Waals surface area contributed by atoms with E-state index in [1.165, 1.54) is 32.7 Å². The molecule has 0 spiro atoms. The van der Waals surface area contributed by atoms with Gasteiger partial charge in [0.1, 0.15) is 0 Å². The van der Waals surface area contributed by atoms with E-state index in [4.69, 9.17) is 14.6 Å². The van der Waals surface area contributed by atoms with Crippen molar-refractivity contribution in [3.05, 3.63) is 103 Å². The molecular formula is C26H29NO6. The summed E-state index contributed by atoms with van der Waals surface area (Å²) in [5.74, 6) is 0.419. The smallest absolute Gasteiger partial charge is 0.337 e. The molecule has 0 unspecified atom stereocenters. The van der Waals surface area contributed by atoms with Crippen LogP contribution < -0.4 is 9.47 Å². The third-order valence-corrected chi connectivity index (χ3v) is 4.16. The molecule has 3 aromatic rings. The number of carboxylic acid groups (broad SMARTS) is 1. The second-order valence-corrected chi connectivity index (χ2v) is 6.54. The number of carbonyl (C=O) groups is 1. The minimum atomic E-state index is -0.942. The highest BCUT2D eigenvalue weighted by Crippen LogP contribution is 2.27. The summed E-state index contributed by atoms with van der Waals surface area (Å²) >= 11 is 0. The van der Waals surface area contributed by atoms with Crippen molar-refractivity contribution in [3.8, 4) is 23.0 Å². The highest BCUT2D eigenvalue weighted by Gasteiger charge is 2.01. The number of allylic oxidation sites excluding steroid dienone is 2. The average molecular weight is 452 g/mol. The summed E-state index contributed by atoms with van der Waals surface area (Å²) in [4.78, 5) is 13.8. The summed E-state index contributed by atoms with van der Waals surface area (Å²) in [6.45, 7) is 7.26. The Morgan fingerprint density at radius 1 is 0.909 bits per heavy atom. The highest BCUT2D eigenvalue weighted by atomic mass is 16.5. The molecule has 0 saturated heterocycles. The second-order valence-electron chi connectivity index (χ2n) is 6.54. The Bertz CT molecular complexity index is 975. The molecule has 1 aromatic heterocycles. The fraction of sp³-hybridized carbons (Fsp3) is 0.154. The van der Waals surface area contributed by atoms with Gasteiger partial charge in [-0.25, -0.2) is 4.79 Å². The molecule has 174 valence electrons. The van der Waals surface area contributed by atoms with Gasteiger partial charge in [0.05, 0.1) is 19.8 Å². The maximum atomic E-state index is 10.2. The third kappa shape index (κ3) is 9.61. The summed E-state index contributed by atoms with van der Waals surface area (Å²) in [5.41, 5.74) is 2.39. The van der Waals surface area contributed by atoms with Crippen LogP contribution in [0.15, 0.2) is 86.2 Å². The lowest BCUT2D eigenvalue weighted by atomic mass is 10.1. The number of nitrogens with zero attached hydrogens (tertiary/aromatic N) is 1. The van der Waals surface area contributed by atoms with E-state index in [2.05, 4.69) is 18.1 Å². The number of benzene rings is 2. The predicted molar refractivity (Wildman–Crippen MR) is 128 cm³/mol. The van der Waals surface area contributed by atoms with Crippen molar-refractivity contribution >= 4 is 5.97 Å². The summed E-state index contributed by atoms with van der Waals surface area (Å²) in [6, 6.07) is 13.6. The molecule has 7 nitrogen and oxygen atoms in total. The van der Waals surface area contributed by atoms with Gasteiger partial charge in [-0.2, -0.15) is 0 Å². The quantitative estimate of drug-likeness (QED) is 0.432. The molecule has 0 aliphatic carbocycles. The van der Waals surface area contributed by atoms with Gasteiger partial charge in [-0.1, -0.05) is 24.3 Å². The van der Waals surface area contributed by atoms with Gasteiger partial charge in [0.15, 0.2) is 23.0 Å². The fourth-order valence-corrected chi connectivity index (χ4v) is 2.52. The SMILES string of the molecule is C=CCc1ccc(O)c(OC)c1.C=CCc1ccc(O)c(OC)c1.O=C(O)c1cccnc1. The normalized spacial score (nSPS) is 9.27. The largest absolute Gasteiger partial charge is 0.504 e. The van der Waals surface area contributed by atoms with Crippen LogP contribution in [0.4, 0.5) is 0 Å². The molecule has 0 radical (unpaired) electrons. The summed E-state index contributed by atoms with van der Waals surface area (Å²) in [7, 11) is 3.07. The number of ether oxygens (including phenoxy) is 2. The minimum Gasteiger partial charge on any atom is -0.504 e. The van der Waals surface area contributed by atoms with Crippen LogP contribution in [0.2, 0.25) is 0 Å². The van der Waals surface area contributed by atoms with Crippen molar-refractivity contribution in [1.82, 2.24) is 4.98 Å². The maximum absolute atomic E-state index is 10.2. The number of rotatable bonds is 7. The zero-order valence-electron chi connectivity index (χ0n) is 18.8. The fourth-order valence-electron chi connectivity index (χ4n) is 2.52. The van der Waals surface area contributed by atoms with E-state index < -0.39 is 5.97 Å². The van der Waals surface area contributed by atoms with Crippen molar-refractivity contribution in [1.29, 1.82) is 0 Å². The van der Waals surface area contributed by atoms with Gasteiger partial charge >= 0.3 is 5.97 Å². The van der Waals surface area contributed by atoms with Crippen LogP contribution in [-0.2, 0) is 12.8 Å². The lowest BCUT2D eigenvalue weighted by Crippen LogP contribution is -1.94. The molecule has 0 aliphatic heterocycles. The molecule has 0 saturated carbocycles. The maximum Gasteiger partial charge on any atom is 0.337 e. The zero-order chi connectivity index (χ0) is 24.6. The Morgan fingerprint density at radius 2 is 1.39 bits per heavy atom. The van der Waals surface area contributed by atoms with Gasteiger partial charge in [-0.05, 0) is 60.4 Å². The summed E-state index contributed by atoms with van der Waals surface area (Å²) in [6.07, 6.45) is 8.04. The molecule has 1 heterocycles. The second kappa shape index (κ2) is 14.7. The number of pyridine rings is 1. The summed E-state index contributed by atoms with van der Waals surface area (Å²) in [5, 5.41) is 26.8. The summed E-state index contributed by atoms with van der Waals surface area (Å²) < 4.78 is 9.90. The van der Waals surface area contributed by atoms with E-state index in [1.807, 2.05) is 24.3 Å². The molecule has 33 heavy (non-hydrogen) atoms. The molecule has 0 aliphatic rings.